The molecule has 0 radical (unpaired) electrons. The molecular formula is C18H27N5O4S. The van der Waals surface area contributed by atoms with E-state index in [2.05, 4.69) is 32.0 Å². The van der Waals surface area contributed by atoms with Crippen molar-refractivity contribution in [2.45, 2.75) is 13.0 Å². The van der Waals surface area contributed by atoms with Crippen LogP contribution in [0.3, 0.4) is 0 Å². The smallest absolute Gasteiger partial charge is 0.245 e. The minimum Gasteiger partial charge on any atom is -0.493 e. The molecule has 1 aromatic carbocycles. The quantitative estimate of drug-likeness (QED) is 0.439. The van der Waals surface area contributed by atoms with E-state index in [0.717, 1.165) is 42.8 Å². The van der Waals surface area contributed by atoms with E-state index < -0.39 is 11.3 Å². The van der Waals surface area contributed by atoms with Gasteiger partial charge in [-0.1, -0.05) is 0 Å². The molecule has 9 nitrogen and oxygen atoms in total. The lowest BCUT2D eigenvalue weighted by Gasteiger charge is -2.39. The van der Waals surface area contributed by atoms with Crippen LogP contribution in [0.1, 0.15) is 6.92 Å². The fourth-order valence-corrected chi connectivity index (χ4v) is 3.72. The van der Waals surface area contributed by atoms with Gasteiger partial charge in [0.2, 0.25) is 11.3 Å². The first-order valence-electron chi connectivity index (χ1n) is 9.12. The highest BCUT2D eigenvalue weighted by Gasteiger charge is 2.23. The Hall–Kier alpha value is -1.98. The highest BCUT2D eigenvalue weighted by atomic mass is 32.2. The van der Waals surface area contributed by atoms with Crippen LogP contribution in [0.25, 0.3) is 10.9 Å². The molecule has 0 saturated carbocycles. The third-order valence-corrected chi connectivity index (χ3v) is 5.38. The molecule has 3 rings (SSSR count). The Labute approximate surface area is 167 Å². The lowest BCUT2D eigenvalue weighted by Crippen LogP contribution is -2.53. The van der Waals surface area contributed by atoms with Gasteiger partial charge in [0.15, 0.2) is 11.5 Å². The molecule has 2 aromatic rings. The van der Waals surface area contributed by atoms with E-state index in [9.17, 15) is 4.21 Å². The number of anilines is 1. The maximum atomic E-state index is 10.6. The van der Waals surface area contributed by atoms with E-state index >= 15 is 0 Å². The van der Waals surface area contributed by atoms with Crippen LogP contribution in [-0.4, -0.2) is 71.6 Å². The van der Waals surface area contributed by atoms with Gasteiger partial charge in [0.25, 0.3) is 0 Å². The van der Waals surface area contributed by atoms with Gasteiger partial charge in [-0.3, -0.25) is 14.4 Å². The summed E-state index contributed by atoms with van der Waals surface area (Å²) in [6.07, 6.45) is 1.82. The van der Waals surface area contributed by atoms with Gasteiger partial charge in [0.1, 0.15) is 0 Å². The number of nitrogens with zero attached hydrogens (tertiary/aromatic N) is 3. The van der Waals surface area contributed by atoms with Crippen LogP contribution in [0.5, 0.6) is 11.5 Å². The van der Waals surface area contributed by atoms with Crippen molar-refractivity contribution in [3.05, 3.63) is 24.4 Å². The standard InChI is InChI=1S/C18H27N5O4S/c1-13(12-20-21-28(24)25)22-6-8-23(9-7-22)16-4-5-19-15-11-18(27-3)17(26-2)10-14(15)16/h4-5,10-11,13,20-21H,6-9,12H2,1-3H3,(H,24,25). The fraction of sp³-hybridized carbons (Fsp3) is 0.500. The van der Waals surface area contributed by atoms with Crippen molar-refractivity contribution in [2.75, 3.05) is 51.8 Å². The summed E-state index contributed by atoms with van der Waals surface area (Å²) < 4.78 is 30.2. The largest absolute Gasteiger partial charge is 0.493 e. The topological polar surface area (TPSA) is 99.2 Å². The van der Waals surface area contributed by atoms with Gasteiger partial charge in [0, 0.05) is 62.1 Å². The Bertz CT molecular complexity index is 829. The van der Waals surface area contributed by atoms with Gasteiger partial charge in [-0.15, -0.1) is 0 Å². The first-order valence-corrected chi connectivity index (χ1v) is 10.2. The molecule has 2 atom stereocenters. The zero-order valence-corrected chi connectivity index (χ0v) is 17.2. The van der Waals surface area contributed by atoms with E-state index in [0.29, 0.717) is 18.0 Å². The number of benzene rings is 1. The van der Waals surface area contributed by atoms with Gasteiger partial charge >= 0.3 is 0 Å². The average molecular weight is 410 g/mol. The Kier molecular flexibility index (Phi) is 7.03. The van der Waals surface area contributed by atoms with Crippen molar-refractivity contribution in [2.24, 2.45) is 0 Å². The average Bonchev–Trinajstić information content (AvgIpc) is 2.72. The predicted molar refractivity (Wildman–Crippen MR) is 110 cm³/mol. The van der Waals surface area contributed by atoms with Crippen molar-refractivity contribution in [1.29, 1.82) is 0 Å². The molecule has 28 heavy (non-hydrogen) atoms. The number of nitrogens with one attached hydrogen (secondary N) is 2. The number of pyridine rings is 1. The van der Waals surface area contributed by atoms with Crippen LogP contribution in [-0.2, 0) is 11.3 Å². The summed E-state index contributed by atoms with van der Waals surface area (Å²) >= 11 is -2.05. The molecule has 1 aromatic heterocycles. The number of rotatable bonds is 8. The second kappa shape index (κ2) is 9.48. The highest BCUT2D eigenvalue weighted by Crippen LogP contribution is 2.35. The lowest BCUT2D eigenvalue weighted by atomic mass is 10.1. The monoisotopic (exact) mass is 409 g/mol. The van der Waals surface area contributed by atoms with Gasteiger partial charge in [-0.25, -0.2) is 9.63 Å². The number of hydrogen-bond donors (Lipinski definition) is 3. The normalized spacial score (nSPS) is 17.5. The van der Waals surface area contributed by atoms with E-state index in [4.69, 9.17) is 14.0 Å². The summed E-state index contributed by atoms with van der Waals surface area (Å²) in [5.74, 6) is 1.36. The van der Waals surface area contributed by atoms with Crippen LogP contribution in [0.4, 0.5) is 5.69 Å². The first-order chi connectivity index (χ1) is 13.5. The lowest BCUT2D eigenvalue weighted by molar-refractivity contribution is 0.192. The van der Waals surface area contributed by atoms with E-state index in [1.54, 1.807) is 14.2 Å². The number of fused-ring (bicyclic) bond motifs is 1. The van der Waals surface area contributed by atoms with Crippen LogP contribution < -0.4 is 24.6 Å². The van der Waals surface area contributed by atoms with Gasteiger partial charge in [0.05, 0.1) is 19.7 Å². The Morgan fingerprint density at radius 3 is 2.54 bits per heavy atom. The molecule has 3 N–H and O–H groups in total. The van der Waals surface area contributed by atoms with Gasteiger partial charge in [-0.05, 0) is 19.1 Å². The van der Waals surface area contributed by atoms with Gasteiger partial charge in [-0.2, -0.15) is 4.83 Å². The fourth-order valence-electron chi connectivity index (χ4n) is 3.52. The summed E-state index contributed by atoms with van der Waals surface area (Å²) in [7, 11) is 3.26. The van der Waals surface area contributed by atoms with Crippen LogP contribution >= 0.6 is 0 Å². The maximum Gasteiger partial charge on any atom is 0.245 e. The van der Waals surface area contributed by atoms with Crippen molar-refractivity contribution in [1.82, 2.24) is 20.1 Å². The number of piperazine rings is 1. The Morgan fingerprint density at radius 2 is 1.89 bits per heavy atom. The molecule has 0 bridgehead atoms. The predicted octanol–water partition coefficient (Wildman–Crippen LogP) is 0.993. The molecule has 154 valence electrons. The van der Waals surface area contributed by atoms with Crippen molar-refractivity contribution in [3.8, 4) is 11.5 Å². The van der Waals surface area contributed by atoms with E-state index in [-0.39, 0.29) is 6.04 Å². The molecule has 0 aliphatic carbocycles. The van der Waals surface area contributed by atoms with Crippen molar-refractivity contribution < 1.29 is 18.2 Å². The summed E-state index contributed by atoms with van der Waals surface area (Å²) in [6.45, 7) is 6.27. The minimum absolute atomic E-state index is 0.247. The second-order valence-electron chi connectivity index (χ2n) is 6.66. The molecule has 10 heteroatoms. The van der Waals surface area contributed by atoms with Crippen molar-refractivity contribution >= 4 is 27.9 Å². The minimum atomic E-state index is -2.05. The van der Waals surface area contributed by atoms with E-state index in [1.807, 2.05) is 24.4 Å². The molecular weight excluding hydrogens is 382 g/mol. The van der Waals surface area contributed by atoms with Crippen molar-refractivity contribution in [3.63, 3.8) is 0 Å². The molecule has 2 unspecified atom stereocenters. The third-order valence-electron chi connectivity index (χ3n) is 5.06. The third kappa shape index (κ3) is 4.70. The molecule has 2 heterocycles. The maximum absolute atomic E-state index is 10.6. The zero-order valence-electron chi connectivity index (χ0n) is 16.3. The molecule has 1 fully saturated rings. The molecule has 1 aliphatic rings. The first kappa shape index (κ1) is 20.7. The molecule has 1 saturated heterocycles. The molecule has 0 spiro atoms. The Morgan fingerprint density at radius 1 is 1.21 bits per heavy atom. The number of aromatic nitrogens is 1. The molecule has 1 aliphatic heterocycles. The number of methoxy groups -OCH3 is 2. The summed E-state index contributed by atoms with van der Waals surface area (Å²) in [5, 5.41) is 1.04. The van der Waals surface area contributed by atoms with Gasteiger partial charge < -0.3 is 14.4 Å². The van der Waals surface area contributed by atoms with Crippen LogP contribution in [0.15, 0.2) is 24.4 Å². The summed E-state index contributed by atoms with van der Waals surface area (Å²) in [4.78, 5) is 11.5. The number of hydrogen-bond acceptors (Lipinski definition) is 7. The molecule has 0 amide bonds. The van der Waals surface area contributed by atoms with E-state index in [1.165, 1.54) is 0 Å². The second-order valence-corrected chi connectivity index (χ2v) is 7.36. The number of ether oxygens (including phenoxy) is 2. The van der Waals surface area contributed by atoms with Crippen LogP contribution in [0, 0.1) is 0 Å². The van der Waals surface area contributed by atoms with Crippen LogP contribution in [0.2, 0.25) is 0 Å². The summed E-state index contributed by atoms with van der Waals surface area (Å²) in [6, 6.07) is 6.17. The SMILES string of the molecule is COc1cc2nccc(N3CCN(C(C)CNNS(=O)O)CC3)c2cc1OC. The zero-order chi connectivity index (χ0) is 20.1. The Balaban J connectivity index is 1.70. The highest BCUT2D eigenvalue weighted by molar-refractivity contribution is 7.77. The summed E-state index contributed by atoms with van der Waals surface area (Å²) in [5.41, 5.74) is 4.79. The number of hydrazine groups is 1.